The van der Waals surface area contributed by atoms with Crippen LogP contribution in [0.4, 0.5) is 23.7 Å². The number of alkyl halides is 3. The molecule has 0 aromatic heterocycles. The van der Waals surface area contributed by atoms with Gasteiger partial charge in [0.05, 0.1) is 23.3 Å². The highest BCUT2D eigenvalue weighted by Gasteiger charge is 2.37. The number of imide groups is 1. The van der Waals surface area contributed by atoms with Gasteiger partial charge < -0.3 is 10.1 Å². The molecular weight excluding hydrogens is 469 g/mol. The number of methoxy groups -OCH3 is 1. The molecular formula is C24H23F3N2O4S. The van der Waals surface area contributed by atoms with Gasteiger partial charge in [0.1, 0.15) is 12.3 Å². The molecule has 0 spiro atoms. The van der Waals surface area contributed by atoms with Gasteiger partial charge in [-0.25, -0.2) is 0 Å². The summed E-state index contributed by atoms with van der Waals surface area (Å²) in [6, 6.07) is 10.2. The highest BCUT2D eigenvalue weighted by molar-refractivity contribution is 8.18. The van der Waals surface area contributed by atoms with E-state index in [-0.39, 0.29) is 21.8 Å². The Morgan fingerprint density at radius 1 is 1.06 bits per heavy atom. The lowest BCUT2D eigenvalue weighted by Gasteiger charge is -2.18. The lowest BCUT2D eigenvalue weighted by atomic mass is 9.87. The zero-order valence-electron chi connectivity index (χ0n) is 18.9. The molecule has 1 N–H and O–H groups in total. The van der Waals surface area contributed by atoms with Gasteiger partial charge in [0.25, 0.3) is 11.1 Å². The van der Waals surface area contributed by atoms with Crippen LogP contribution in [0.2, 0.25) is 0 Å². The lowest BCUT2D eigenvalue weighted by Crippen LogP contribution is -2.36. The topological polar surface area (TPSA) is 75.7 Å². The molecule has 0 saturated carbocycles. The van der Waals surface area contributed by atoms with Crippen molar-refractivity contribution in [3.8, 4) is 5.75 Å². The van der Waals surface area contributed by atoms with Crippen molar-refractivity contribution in [2.45, 2.75) is 32.4 Å². The van der Waals surface area contributed by atoms with Gasteiger partial charge in [-0.3, -0.25) is 19.3 Å². The van der Waals surface area contributed by atoms with Crippen LogP contribution in [0.15, 0.2) is 47.4 Å². The maximum Gasteiger partial charge on any atom is 0.416 e. The number of carbonyl (C=O) groups excluding carboxylic acids is 3. The smallest absolute Gasteiger partial charge is 0.416 e. The van der Waals surface area contributed by atoms with Gasteiger partial charge >= 0.3 is 6.18 Å². The standard InChI is InChI=1S/C24H23F3N2O4S/c1-23(2,3)15-7-5-14(6-8-15)11-19-21(31)29(22(32)34-19)13-20(30)28-17-12-16(24(25,26)27)9-10-18(17)33-4/h5-12H,13H2,1-4H3,(H,28,30)/b19-11-. The Morgan fingerprint density at radius 2 is 1.68 bits per heavy atom. The zero-order chi connectivity index (χ0) is 25.3. The number of ether oxygens (including phenoxy) is 1. The summed E-state index contributed by atoms with van der Waals surface area (Å²) in [6.07, 6.45) is -3.06. The van der Waals surface area contributed by atoms with E-state index in [9.17, 15) is 27.6 Å². The maximum atomic E-state index is 13.0. The van der Waals surface area contributed by atoms with Crippen molar-refractivity contribution in [3.63, 3.8) is 0 Å². The molecule has 1 saturated heterocycles. The number of hydrogen-bond acceptors (Lipinski definition) is 5. The second-order valence-corrected chi connectivity index (χ2v) is 9.59. The number of amides is 3. The van der Waals surface area contributed by atoms with Crippen molar-refractivity contribution in [2.75, 3.05) is 19.0 Å². The molecule has 34 heavy (non-hydrogen) atoms. The monoisotopic (exact) mass is 492 g/mol. The van der Waals surface area contributed by atoms with Gasteiger partial charge in [0, 0.05) is 0 Å². The molecule has 0 atom stereocenters. The van der Waals surface area contributed by atoms with Crippen molar-refractivity contribution in [2.24, 2.45) is 0 Å². The fraction of sp³-hybridized carbons (Fsp3) is 0.292. The molecule has 10 heteroatoms. The average Bonchev–Trinajstić information content (AvgIpc) is 3.00. The predicted octanol–water partition coefficient (Wildman–Crippen LogP) is 5.69. The van der Waals surface area contributed by atoms with Crippen molar-refractivity contribution >= 4 is 40.6 Å². The van der Waals surface area contributed by atoms with Crippen molar-refractivity contribution in [3.05, 3.63) is 64.1 Å². The number of halogens is 3. The Hall–Kier alpha value is -3.27. The fourth-order valence-corrected chi connectivity index (χ4v) is 4.02. The number of hydrogen-bond donors (Lipinski definition) is 1. The number of thioether (sulfide) groups is 1. The van der Waals surface area contributed by atoms with Crippen LogP contribution in [0.3, 0.4) is 0 Å². The molecule has 2 aromatic carbocycles. The maximum absolute atomic E-state index is 13.0. The minimum atomic E-state index is -4.62. The Morgan fingerprint density at radius 3 is 2.24 bits per heavy atom. The van der Waals surface area contributed by atoms with Crippen LogP contribution in [-0.4, -0.2) is 35.6 Å². The SMILES string of the molecule is COc1ccc(C(F)(F)F)cc1NC(=O)CN1C(=O)S/C(=C\c2ccc(C(C)(C)C)cc2)C1=O. The summed E-state index contributed by atoms with van der Waals surface area (Å²) in [4.78, 5) is 38.4. The fourth-order valence-electron chi connectivity index (χ4n) is 3.18. The summed E-state index contributed by atoms with van der Waals surface area (Å²) in [5.74, 6) is -1.48. The minimum Gasteiger partial charge on any atom is -0.495 e. The predicted molar refractivity (Wildman–Crippen MR) is 124 cm³/mol. The van der Waals surface area contributed by atoms with Crippen LogP contribution in [-0.2, 0) is 21.2 Å². The molecule has 1 aliphatic heterocycles. The first-order valence-corrected chi connectivity index (χ1v) is 11.0. The number of carbonyl (C=O) groups is 3. The van der Waals surface area contributed by atoms with Crippen LogP contribution in [0.25, 0.3) is 6.08 Å². The van der Waals surface area contributed by atoms with Gasteiger partial charge in [-0.05, 0) is 52.6 Å². The van der Waals surface area contributed by atoms with E-state index in [0.29, 0.717) is 11.8 Å². The highest BCUT2D eigenvalue weighted by atomic mass is 32.2. The van der Waals surface area contributed by atoms with Crippen LogP contribution >= 0.6 is 11.8 Å². The van der Waals surface area contributed by atoms with Gasteiger partial charge in [-0.2, -0.15) is 13.2 Å². The normalized spacial score (nSPS) is 15.7. The van der Waals surface area contributed by atoms with Crippen LogP contribution in [0.1, 0.15) is 37.5 Å². The quantitative estimate of drug-likeness (QED) is 0.543. The summed E-state index contributed by atoms with van der Waals surface area (Å²) in [6.45, 7) is 5.58. The van der Waals surface area contributed by atoms with E-state index in [2.05, 4.69) is 26.1 Å². The van der Waals surface area contributed by atoms with Crippen molar-refractivity contribution in [1.29, 1.82) is 0 Å². The third-order valence-electron chi connectivity index (χ3n) is 5.05. The number of nitrogens with one attached hydrogen (secondary N) is 1. The molecule has 6 nitrogen and oxygen atoms in total. The molecule has 2 aromatic rings. The van der Waals surface area contributed by atoms with Crippen molar-refractivity contribution in [1.82, 2.24) is 4.90 Å². The van der Waals surface area contributed by atoms with E-state index in [1.807, 2.05) is 24.3 Å². The van der Waals surface area contributed by atoms with Crippen LogP contribution in [0.5, 0.6) is 5.75 Å². The van der Waals surface area contributed by atoms with Crippen molar-refractivity contribution < 1.29 is 32.3 Å². The molecule has 0 bridgehead atoms. The Balaban J connectivity index is 1.73. The first-order valence-electron chi connectivity index (χ1n) is 10.2. The van der Waals surface area contributed by atoms with Gasteiger partial charge in [0.2, 0.25) is 5.91 Å². The van der Waals surface area contributed by atoms with Crippen LogP contribution in [0, 0.1) is 0 Å². The number of anilines is 1. The zero-order valence-corrected chi connectivity index (χ0v) is 19.8. The van der Waals surface area contributed by atoms with E-state index < -0.39 is 35.3 Å². The molecule has 0 aliphatic carbocycles. The first kappa shape index (κ1) is 25.4. The largest absolute Gasteiger partial charge is 0.495 e. The first-order chi connectivity index (χ1) is 15.8. The molecule has 1 aliphatic rings. The molecule has 0 unspecified atom stereocenters. The van der Waals surface area contributed by atoms with Crippen LogP contribution < -0.4 is 10.1 Å². The third-order valence-corrected chi connectivity index (χ3v) is 5.96. The van der Waals surface area contributed by atoms with E-state index in [1.165, 1.54) is 7.11 Å². The second-order valence-electron chi connectivity index (χ2n) is 8.60. The van der Waals surface area contributed by atoms with E-state index >= 15 is 0 Å². The number of rotatable bonds is 5. The lowest BCUT2D eigenvalue weighted by molar-refractivity contribution is -0.137. The molecule has 180 valence electrons. The molecule has 0 radical (unpaired) electrons. The van der Waals surface area contributed by atoms with E-state index in [1.54, 1.807) is 6.08 Å². The summed E-state index contributed by atoms with van der Waals surface area (Å²) in [7, 11) is 1.24. The Bertz CT molecular complexity index is 1150. The number of benzene rings is 2. The minimum absolute atomic E-state index is 0.00842. The molecule has 1 heterocycles. The summed E-state index contributed by atoms with van der Waals surface area (Å²) in [5, 5.41) is 1.64. The number of nitrogens with zero attached hydrogens (tertiary/aromatic N) is 1. The van der Waals surface area contributed by atoms with Gasteiger partial charge in [0.15, 0.2) is 0 Å². The van der Waals surface area contributed by atoms with E-state index in [4.69, 9.17) is 4.74 Å². The third kappa shape index (κ3) is 5.80. The Kier molecular flexibility index (Phi) is 7.11. The molecule has 1 fully saturated rings. The van der Waals surface area contributed by atoms with Gasteiger partial charge in [-0.15, -0.1) is 0 Å². The van der Waals surface area contributed by atoms with E-state index in [0.717, 1.165) is 34.2 Å². The summed E-state index contributed by atoms with van der Waals surface area (Å²) < 4.78 is 44.0. The summed E-state index contributed by atoms with van der Waals surface area (Å²) in [5.41, 5.74) is 0.599. The average molecular weight is 493 g/mol. The second kappa shape index (κ2) is 9.54. The Labute approximate surface area is 199 Å². The van der Waals surface area contributed by atoms with Gasteiger partial charge in [-0.1, -0.05) is 45.0 Å². The molecule has 3 rings (SSSR count). The summed E-state index contributed by atoms with van der Waals surface area (Å²) >= 11 is 0.693. The highest BCUT2D eigenvalue weighted by Crippen LogP contribution is 2.36. The molecule has 3 amide bonds.